The third-order valence-electron chi connectivity index (χ3n) is 2.91. The summed E-state index contributed by atoms with van der Waals surface area (Å²) in [6, 6.07) is 13.0. The number of hydrogen-bond donors (Lipinski definition) is 0. The van der Waals surface area contributed by atoms with Gasteiger partial charge in [-0.3, -0.25) is 0 Å². The van der Waals surface area contributed by atoms with E-state index in [-0.39, 0.29) is 0 Å². The van der Waals surface area contributed by atoms with Crippen molar-refractivity contribution in [1.82, 2.24) is 0 Å². The van der Waals surface area contributed by atoms with E-state index in [4.69, 9.17) is 16.3 Å². The molecular weight excluding hydrogens is 292 g/mol. The quantitative estimate of drug-likeness (QED) is 0.600. The van der Waals surface area contributed by atoms with E-state index in [0.717, 1.165) is 22.7 Å². The van der Waals surface area contributed by atoms with Crippen LogP contribution in [-0.2, 0) is 0 Å². The maximum absolute atomic E-state index is 5.89. The van der Waals surface area contributed by atoms with Gasteiger partial charge in [-0.15, -0.1) is 0 Å². The molecule has 5 heteroatoms. The molecule has 0 spiro atoms. The highest BCUT2D eigenvalue weighted by Gasteiger charge is 2.14. The van der Waals surface area contributed by atoms with Crippen molar-refractivity contribution in [1.29, 1.82) is 0 Å². The van der Waals surface area contributed by atoms with Crippen LogP contribution in [0.2, 0.25) is 5.02 Å². The van der Waals surface area contributed by atoms with Crippen LogP contribution in [0.25, 0.3) is 0 Å². The first-order valence-corrected chi connectivity index (χ1v) is 6.73. The lowest BCUT2D eigenvalue weighted by Gasteiger charge is -2.17. The maximum Gasteiger partial charge on any atom is 0.145 e. The number of isothiocyanates is 1. The number of thiocarbonyl (C=S) groups is 1. The molecule has 3 nitrogen and oxygen atoms in total. The van der Waals surface area contributed by atoms with E-state index in [1.165, 1.54) is 0 Å². The molecule has 0 aromatic heterocycles. The molecule has 2 aromatic rings. The van der Waals surface area contributed by atoms with Crippen molar-refractivity contribution < 1.29 is 4.74 Å². The van der Waals surface area contributed by atoms with Crippen LogP contribution in [0.1, 0.15) is 5.56 Å². The average Bonchev–Trinajstić information content (AvgIpc) is 2.48. The Bertz CT molecular complexity index is 734. The van der Waals surface area contributed by atoms with Crippen molar-refractivity contribution >= 4 is 46.1 Å². The lowest BCUT2D eigenvalue weighted by Crippen LogP contribution is -2.16. The number of benzene rings is 2. The van der Waals surface area contributed by atoms with Crippen LogP contribution in [0.15, 0.2) is 52.4 Å². The molecule has 0 N–H and O–H groups in total. The lowest BCUT2D eigenvalue weighted by atomic mass is 10.1. The molecule has 1 aliphatic heterocycles. The minimum Gasteiger partial charge on any atom is -0.485 e. The summed E-state index contributed by atoms with van der Waals surface area (Å²) in [5.41, 5.74) is 3.30. The Morgan fingerprint density at radius 2 is 2.00 bits per heavy atom. The molecule has 98 valence electrons. The first-order chi connectivity index (χ1) is 9.76. The van der Waals surface area contributed by atoms with E-state index in [1.807, 2.05) is 42.5 Å². The van der Waals surface area contributed by atoms with Crippen molar-refractivity contribution in [3.05, 3.63) is 53.1 Å². The van der Waals surface area contributed by atoms with Crippen molar-refractivity contribution in [2.45, 2.75) is 0 Å². The van der Waals surface area contributed by atoms with Gasteiger partial charge in [0.15, 0.2) is 0 Å². The third-order valence-corrected chi connectivity index (χ3v) is 3.26. The van der Waals surface area contributed by atoms with Crippen LogP contribution < -0.4 is 4.74 Å². The van der Waals surface area contributed by atoms with Crippen molar-refractivity contribution in [2.75, 3.05) is 6.61 Å². The smallest absolute Gasteiger partial charge is 0.145 e. The molecule has 0 bridgehead atoms. The molecular formula is C15H9ClN2OS. The number of nitrogens with zero attached hydrogens (tertiary/aromatic N) is 2. The highest BCUT2D eigenvalue weighted by Crippen LogP contribution is 2.35. The van der Waals surface area contributed by atoms with E-state index < -0.39 is 0 Å². The van der Waals surface area contributed by atoms with Gasteiger partial charge in [0.05, 0.1) is 16.6 Å². The summed E-state index contributed by atoms with van der Waals surface area (Å²) in [6.45, 7) is 0.435. The maximum atomic E-state index is 5.89. The van der Waals surface area contributed by atoms with E-state index >= 15 is 0 Å². The summed E-state index contributed by atoms with van der Waals surface area (Å²) in [5, 5.41) is 3.04. The van der Waals surface area contributed by atoms with Crippen LogP contribution >= 0.6 is 23.8 Å². The minimum absolute atomic E-state index is 0.435. The highest BCUT2D eigenvalue weighted by atomic mass is 35.5. The van der Waals surface area contributed by atoms with Crippen LogP contribution in [0.5, 0.6) is 5.75 Å². The Hall–Kier alpha value is -2.00. The third kappa shape index (κ3) is 2.63. The van der Waals surface area contributed by atoms with Crippen molar-refractivity contribution in [2.24, 2.45) is 9.98 Å². The van der Waals surface area contributed by atoms with Gasteiger partial charge in [-0.2, -0.15) is 4.99 Å². The van der Waals surface area contributed by atoms with Gasteiger partial charge in [-0.05, 0) is 48.1 Å². The Labute approximate surface area is 126 Å². The zero-order valence-corrected chi connectivity index (χ0v) is 11.9. The summed E-state index contributed by atoms with van der Waals surface area (Å²) < 4.78 is 5.70. The first-order valence-electron chi connectivity index (χ1n) is 5.94. The van der Waals surface area contributed by atoms with Crippen LogP contribution in [0.3, 0.4) is 0 Å². The first kappa shape index (κ1) is 13.0. The number of ether oxygens (including phenoxy) is 1. The second-order valence-electron chi connectivity index (χ2n) is 4.21. The number of hydrogen-bond acceptors (Lipinski definition) is 4. The van der Waals surface area contributed by atoms with Gasteiger partial charge in [0, 0.05) is 5.02 Å². The number of fused-ring (bicyclic) bond motifs is 1. The van der Waals surface area contributed by atoms with Gasteiger partial charge in [0.2, 0.25) is 0 Å². The molecule has 0 aliphatic carbocycles. The minimum atomic E-state index is 0.435. The normalized spacial score (nSPS) is 12.8. The van der Waals surface area contributed by atoms with Crippen molar-refractivity contribution in [3.8, 4) is 5.75 Å². The van der Waals surface area contributed by atoms with Gasteiger partial charge in [0.1, 0.15) is 18.0 Å². The summed E-state index contributed by atoms with van der Waals surface area (Å²) in [4.78, 5) is 8.56. The molecule has 0 amide bonds. The second kappa shape index (κ2) is 5.55. The summed E-state index contributed by atoms with van der Waals surface area (Å²) in [6.07, 6.45) is 0. The van der Waals surface area contributed by atoms with Crippen LogP contribution in [-0.4, -0.2) is 17.5 Å². The fourth-order valence-electron chi connectivity index (χ4n) is 1.95. The molecule has 3 rings (SSSR count). The summed E-state index contributed by atoms with van der Waals surface area (Å²) in [5.74, 6) is 0.742. The molecule has 0 saturated carbocycles. The van der Waals surface area contributed by atoms with Gasteiger partial charge in [0.25, 0.3) is 0 Å². The fourth-order valence-corrected chi connectivity index (χ4v) is 2.18. The molecule has 0 radical (unpaired) electrons. The Morgan fingerprint density at radius 3 is 2.75 bits per heavy atom. The average molecular weight is 301 g/mol. The van der Waals surface area contributed by atoms with E-state index in [1.54, 1.807) is 0 Å². The number of halogens is 1. The molecule has 0 fully saturated rings. The predicted molar refractivity (Wildman–Crippen MR) is 84.3 cm³/mol. The molecule has 0 unspecified atom stereocenters. The highest BCUT2D eigenvalue weighted by molar-refractivity contribution is 7.78. The fraction of sp³-hybridized carbons (Fsp3) is 0.0667. The SMILES string of the molecule is S=C=Nc1ccc2c(c1)N=C(c1ccc(Cl)cc1)CO2. The van der Waals surface area contributed by atoms with Gasteiger partial charge < -0.3 is 4.74 Å². The van der Waals surface area contributed by atoms with Gasteiger partial charge in [-0.25, -0.2) is 4.99 Å². The van der Waals surface area contributed by atoms with E-state index in [9.17, 15) is 0 Å². The second-order valence-corrected chi connectivity index (χ2v) is 4.83. The molecule has 0 saturated heterocycles. The van der Waals surface area contributed by atoms with Crippen molar-refractivity contribution in [3.63, 3.8) is 0 Å². The van der Waals surface area contributed by atoms with Crippen LogP contribution in [0, 0.1) is 0 Å². The monoisotopic (exact) mass is 300 g/mol. The standard InChI is InChI=1S/C15H9ClN2OS/c16-11-3-1-10(2-4-11)14-8-19-15-6-5-12(17-9-20)7-13(15)18-14/h1-7H,8H2. The Kier molecular flexibility index (Phi) is 3.61. The molecule has 1 aliphatic rings. The zero-order valence-electron chi connectivity index (χ0n) is 10.3. The van der Waals surface area contributed by atoms with E-state index in [2.05, 4.69) is 27.4 Å². The Morgan fingerprint density at radius 1 is 1.20 bits per heavy atom. The molecule has 1 heterocycles. The van der Waals surface area contributed by atoms with Crippen LogP contribution in [0.4, 0.5) is 11.4 Å². The lowest BCUT2D eigenvalue weighted by molar-refractivity contribution is 0.373. The number of aliphatic imine (C=N–C) groups is 2. The molecule has 2 aromatic carbocycles. The topological polar surface area (TPSA) is 34.0 Å². The predicted octanol–water partition coefficient (Wildman–Crippen LogP) is 4.59. The summed E-state index contributed by atoms with van der Waals surface area (Å²) in [7, 11) is 0. The van der Waals surface area contributed by atoms with Gasteiger partial charge >= 0.3 is 0 Å². The number of rotatable bonds is 2. The Balaban J connectivity index is 2.02. The zero-order chi connectivity index (χ0) is 13.9. The molecule has 0 atom stereocenters. The molecule has 20 heavy (non-hydrogen) atoms. The van der Waals surface area contributed by atoms with E-state index in [0.29, 0.717) is 17.3 Å². The van der Waals surface area contributed by atoms with Gasteiger partial charge in [-0.1, -0.05) is 23.7 Å². The summed E-state index contributed by atoms with van der Waals surface area (Å²) >= 11 is 10.5. The largest absolute Gasteiger partial charge is 0.485 e.